The summed E-state index contributed by atoms with van der Waals surface area (Å²) in [6.45, 7) is -0.445. The number of hydrogen-bond acceptors (Lipinski definition) is 7. The first-order valence-corrected chi connectivity index (χ1v) is 5.26. The van der Waals surface area contributed by atoms with Gasteiger partial charge in [0.05, 0.1) is 6.61 Å². The van der Waals surface area contributed by atoms with Gasteiger partial charge in [-0.25, -0.2) is 0 Å². The molecule has 7 heteroatoms. The first-order chi connectivity index (χ1) is 6.61. The maximum Gasteiger partial charge on any atom is 0.199 e. The molecule has 0 aromatic carbocycles. The number of hydrogen-bond donors (Lipinski definition) is 4. The lowest BCUT2D eigenvalue weighted by atomic mass is 10.00. The van der Waals surface area contributed by atoms with Crippen LogP contribution in [0.4, 0.5) is 0 Å². The van der Waals surface area contributed by atoms with Crippen molar-refractivity contribution in [2.75, 3.05) is 12.9 Å². The van der Waals surface area contributed by atoms with E-state index in [9.17, 15) is 15.3 Å². The third-order valence-electron chi connectivity index (χ3n) is 2.04. The van der Waals surface area contributed by atoms with E-state index in [-0.39, 0.29) is 0 Å². The SMILES string of the molecule is CSOC1O[C@H](CO)[C@H](O)[C@H](O)[C@H]1O. The Hall–Kier alpha value is 0.110. The van der Waals surface area contributed by atoms with Gasteiger partial charge < -0.3 is 25.2 Å². The monoisotopic (exact) mass is 226 g/mol. The van der Waals surface area contributed by atoms with E-state index < -0.39 is 37.3 Å². The Morgan fingerprint density at radius 3 is 2.36 bits per heavy atom. The van der Waals surface area contributed by atoms with Crippen molar-refractivity contribution < 1.29 is 29.3 Å². The Morgan fingerprint density at radius 2 is 1.86 bits per heavy atom. The maximum absolute atomic E-state index is 9.40. The van der Waals surface area contributed by atoms with Gasteiger partial charge in [0, 0.05) is 6.26 Å². The van der Waals surface area contributed by atoms with E-state index in [0.29, 0.717) is 0 Å². The lowest BCUT2D eigenvalue weighted by Crippen LogP contribution is -2.58. The van der Waals surface area contributed by atoms with E-state index in [2.05, 4.69) is 0 Å². The molecule has 1 saturated heterocycles. The minimum Gasteiger partial charge on any atom is -0.394 e. The van der Waals surface area contributed by atoms with Crippen molar-refractivity contribution in [3.05, 3.63) is 0 Å². The molecule has 0 saturated carbocycles. The van der Waals surface area contributed by atoms with Gasteiger partial charge in [0.1, 0.15) is 24.4 Å². The average Bonchev–Trinajstić information content (AvgIpc) is 2.19. The van der Waals surface area contributed by atoms with E-state index in [0.717, 1.165) is 12.0 Å². The van der Waals surface area contributed by atoms with E-state index in [1.165, 1.54) is 0 Å². The summed E-state index contributed by atoms with van der Waals surface area (Å²) in [4.78, 5) is 0. The molecule has 1 unspecified atom stereocenters. The summed E-state index contributed by atoms with van der Waals surface area (Å²) in [6, 6.07) is 0. The molecular formula is C7H14O6S. The zero-order valence-electron chi connectivity index (χ0n) is 7.61. The predicted molar refractivity (Wildman–Crippen MR) is 48.4 cm³/mol. The summed E-state index contributed by atoms with van der Waals surface area (Å²) in [5, 5.41) is 36.9. The van der Waals surface area contributed by atoms with Gasteiger partial charge in [-0.05, 0) is 12.0 Å². The molecule has 0 spiro atoms. The molecule has 0 bridgehead atoms. The molecule has 1 rings (SSSR count). The smallest absolute Gasteiger partial charge is 0.199 e. The van der Waals surface area contributed by atoms with E-state index in [1.54, 1.807) is 6.26 Å². The number of ether oxygens (including phenoxy) is 1. The second kappa shape index (κ2) is 5.26. The molecule has 0 aromatic rings. The van der Waals surface area contributed by atoms with Gasteiger partial charge in [-0.15, -0.1) is 0 Å². The van der Waals surface area contributed by atoms with Crippen LogP contribution in [0.1, 0.15) is 0 Å². The van der Waals surface area contributed by atoms with Gasteiger partial charge in [-0.2, -0.15) is 0 Å². The van der Waals surface area contributed by atoms with Crippen molar-refractivity contribution in [1.82, 2.24) is 0 Å². The van der Waals surface area contributed by atoms with Gasteiger partial charge in [0.2, 0.25) is 0 Å². The number of aliphatic hydroxyl groups excluding tert-OH is 4. The summed E-state index contributed by atoms with van der Waals surface area (Å²) in [5.41, 5.74) is 0. The Balaban J connectivity index is 2.63. The molecule has 1 aliphatic rings. The highest BCUT2D eigenvalue weighted by Gasteiger charge is 2.44. The Morgan fingerprint density at radius 1 is 1.21 bits per heavy atom. The first-order valence-electron chi connectivity index (χ1n) is 4.11. The lowest BCUT2D eigenvalue weighted by molar-refractivity contribution is -0.274. The van der Waals surface area contributed by atoms with Gasteiger partial charge in [0.15, 0.2) is 6.29 Å². The van der Waals surface area contributed by atoms with Crippen molar-refractivity contribution in [1.29, 1.82) is 0 Å². The number of aliphatic hydroxyl groups is 4. The predicted octanol–water partition coefficient (Wildman–Crippen LogP) is -1.92. The Kier molecular flexibility index (Phi) is 4.58. The van der Waals surface area contributed by atoms with Crippen LogP contribution in [0.25, 0.3) is 0 Å². The normalized spacial score (nSPS) is 43.9. The minimum absolute atomic E-state index is 0.445. The standard InChI is InChI=1S/C7H14O6S/c1-14-13-7-6(11)5(10)4(9)3(2-8)12-7/h3-11H,2H2,1H3/t3-,4+,5+,6-,7?/m1/s1. The van der Waals surface area contributed by atoms with Crippen LogP contribution in [-0.2, 0) is 8.92 Å². The highest BCUT2D eigenvalue weighted by molar-refractivity contribution is 7.93. The van der Waals surface area contributed by atoms with Crippen LogP contribution < -0.4 is 0 Å². The second-order valence-corrected chi connectivity index (χ2v) is 3.49. The van der Waals surface area contributed by atoms with E-state index >= 15 is 0 Å². The number of rotatable bonds is 3. The average molecular weight is 226 g/mol. The van der Waals surface area contributed by atoms with Crippen LogP contribution in [0.5, 0.6) is 0 Å². The highest BCUT2D eigenvalue weighted by atomic mass is 32.2. The third kappa shape index (κ3) is 2.37. The van der Waals surface area contributed by atoms with Crippen molar-refractivity contribution >= 4 is 12.0 Å². The molecule has 4 N–H and O–H groups in total. The molecule has 1 fully saturated rings. The molecule has 0 amide bonds. The third-order valence-corrected chi connectivity index (χ3v) is 2.42. The zero-order valence-corrected chi connectivity index (χ0v) is 8.42. The van der Waals surface area contributed by atoms with Gasteiger partial charge in [-0.1, -0.05) is 0 Å². The van der Waals surface area contributed by atoms with Crippen LogP contribution in [0.3, 0.4) is 0 Å². The van der Waals surface area contributed by atoms with Crippen molar-refractivity contribution in [3.63, 3.8) is 0 Å². The van der Waals surface area contributed by atoms with Gasteiger partial charge >= 0.3 is 0 Å². The molecule has 5 atom stereocenters. The minimum atomic E-state index is -1.38. The largest absolute Gasteiger partial charge is 0.394 e. The molecule has 84 valence electrons. The van der Waals surface area contributed by atoms with Gasteiger partial charge in [0.25, 0.3) is 0 Å². The van der Waals surface area contributed by atoms with Crippen molar-refractivity contribution in [2.24, 2.45) is 0 Å². The molecular weight excluding hydrogens is 212 g/mol. The molecule has 6 nitrogen and oxygen atoms in total. The quantitative estimate of drug-likeness (QED) is 0.416. The molecule has 1 heterocycles. The topological polar surface area (TPSA) is 99.4 Å². The van der Waals surface area contributed by atoms with Crippen LogP contribution in [0.2, 0.25) is 0 Å². The zero-order chi connectivity index (χ0) is 10.7. The van der Waals surface area contributed by atoms with E-state index in [4.69, 9.17) is 14.0 Å². The summed E-state index contributed by atoms with van der Waals surface area (Å²) in [5.74, 6) is 0. The fraction of sp³-hybridized carbons (Fsp3) is 1.00. The summed E-state index contributed by atoms with van der Waals surface area (Å²) < 4.78 is 9.93. The van der Waals surface area contributed by atoms with Crippen LogP contribution in [0, 0.1) is 0 Å². The Labute approximate surface area is 85.7 Å². The van der Waals surface area contributed by atoms with Crippen molar-refractivity contribution in [2.45, 2.75) is 30.7 Å². The van der Waals surface area contributed by atoms with Crippen LogP contribution in [-0.4, -0.2) is 64.0 Å². The highest BCUT2D eigenvalue weighted by Crippen LogP contribution is 2.23. The van der Waals surface area contributed by atoms with Crippen LogP contribution in [0.15, 0.2) is 0 Å². The van der Waals surface area contributed by atoms with Gasteiger partial charge in [-0.3, -0.25) is 4.18 Å². The fourth-order valence-electron chi connectivity index (χ4n) is 1.24. The second-order valence-electron chi connectivity index (χ2n) is 2.96. The Bertz CT molecular complexity index is 176. The molecule has 0 radical (unpaired) electrons. The van der Waals surface area contributed by atoms with Crippen molar-refractivity contribution in [3.8, 4) is 0 Å². The summed E-state index contributed by atoms with van der Waals surface area (Å²) >= 11 is 0.968. The summed E-state index contributed by atoms with van der Waals surface area (Å²) in [7, 11) is 0. The summed E-state index contributed by atoms with van der Waals surface area (Å²) in [6.07, 6.45) is -4.36. The molecule has 0 aromatic heterocycles. The maximum atomic E-state index is 9.40. The van der Waals surface area contributed by atoms with E-state index in [1.807, 2.05) is 0 Å². The molecule has 14 heavy (non-hydrogen) atoms. The van der Waals surface area contributed by atoms with Crippen LogP contribution >= 0.6 is 12.0 Å². The molecule has 0 aliphatic carbocycles. The molecule has 1 aliphatic heterocycles. The fourth-order valence-corrected chi connectivity index (χ4v) is 1.59. The first kappa shape index (κ1) is 12.2. The lowest BCUT2D eigenvalue weighted by Gasteiger charge is -2.38.